The van der Waals surface area contributed by atoms with Gasteiger partial charge in [-0.05, 0) is 37.5 Å². The minimum atomic E-state index is -3.59. The number of amides is 1. The van der Waals surface area contributed by atoms with Crippen molar-refractivity contribution in [1.29, 1.82) is 0 Å². The summed E-state index contributed by atoms with van der Waals surface area (Å²) < 4.78 is 31.8. The van der Waals surface area contributed by atoms with Crippen molar-refractivity contribution in [3.63, 3.8) is 0 Å². The number of hydrogen-bond acceptors (Lipinski definition) is 4. The summed E-state index contributed by atoms with van der Waals surface area (Å²) in [7, 11) is -1.99. The second-order valence-electron chi connectivity index (χ2n) is 5.11. The Bertz CT molecular complexity index is 600. The minimum Gasteiger partial charge on any atom is -0.385 e. The van der Waals surface area contributed by atoms with Crippen molar-refractivity contribution in [2.45, 2.75) is 31.6 Å². The molecule has 6 nitrogen and oxygen atoms in total. The van der Waals surface area contributed by atoms with Crippen molar-refractivity contribution < 1.29 is 17.9 Å². The van der Waals surface area contributed by atoms with Crippen molar-refractivity contribution >= 4 is 15.9 Å². The quantitative estimate of drug-likeness (QED) is 0.666. The summed E-state index contributed by atoms with van der Waals surface area (Å²) >= 11 is 0. The summed E-state index contributed by atoms with van der Waals surface area (Å²) in [6, 6.07) is 5.26. The number of aryl methyl sites for hydroxylation is 2. The monoisotopic (exact) mass is 328 g/mol. The third kappa shape index (κ3) is 6.13. The molecule has 124 valence electrons. The van der Waals surface area contributed by atoms with Gasteiger partial charge in [-0.3, -0.25) is 4.79 Å². The van der Waals surface area contributed by atoms with E-state index in [2.05, 4.69) is 10.0 Å². The van der Waals surface area contributed by atoms with E-state index in [-0.39, 0.29) is 23.8 Å². The Kier molecular flexibility index (Phi) is 7.50. The summed E-state index contributed by atoms with van der Waals surface area (Å²) in [4.78, 5) is 11.8. The van der Waals surface area contributed by atoms with Gasteiger partial charge in [0.15, 0.2) is 0 Å². The lowest BCUT2D eigenvalue weighted by Crippen LogP contribution is -2.31. The Labute approximate surface area is 132 Å². The third-order valence-corrected chi connectivity index (χ3v) is 4.73. The van der Waals surface area contributed by atoms with Crippen LogP contribution in [0.1, 0.15) is 24.0 Å². The molecule has 1 amide bonds. The number of hydrogen-bond donors (Lipinski definition) is 2. The molecule has 7 heteroatoms. The van der Waals surface area contributed by atoms with Gasteiger partial charge in [0.1, 0.15) is 0 Å². The maximum absolute atomic E-state index is 12.2. The highest BCUT2D eigenvalue weighted by Crippen LogP contribution is 2.16. The van der Waals surface area contributed by atoms with Crippen molar-refractivity contribution in [2.24, 2.45) is 0 Å². The molecule has 0 saturated carbocycles. The van der Waals surface area contributed by atoms with Crippen LogP contribution in [0, 0.1) is 13.8 Å². The first-order chi connectivity index (χ1) is 10.4. The van der Waals surface area contributed by atoms with Crippen LogP contribution < -0.4 is 10.0 Å². The fourth-order valence-corrected chi connectivity index (χ4v) is 3.27. The van der Waals surface area contributed by atoms with Gasteiger partial charge in [-0.1, -0.05) is 12.1 Å². The molecule has 0 unspecified atom stereocenters. The topological polar surface area (TPSA) is 84.5 Å². The summed E-state index contributed by atoms with van der Waals surface area (Å²) in [5, 5.41) is 2.71. The van der Waals surface area contributed by atoms with Gasteiger partial charge >= 0.3 is 0 Å². The van der Waals surface area contributed by atoms with Crippen LogP contribution in [0.4, 0.5) is 0 Å². The van der Waals surface area contributed by atoms with Crippen LogP contribution in [0.15, 0.2) is 23.1 Å². The van der Waals surface area contributed by atoms with E-state index in [0.29, 0.717) is 18.7 Å². The summed E-state index contributed by atoms with van der Waals surface area (Å²) in [5.74, 6) is -0.181. The molecule has 0 spiro atoms. The smallest absolute Gasteiger partial charge is 0.240 e. The SMILES string of the molecule is COCCCNC(=O)CCNS(=O)(=O)c1cc(C)ccc1C. The maximum Gasteiger partial charge on any atom is 0.240 e. The van der Waals surface area contributed by atoms with Crippen LogP contribution in [0.25, 0.3) is 0 Å². The van der Waals surface area contributed by atoms with Gasteiger partial charge in [0.05, 0.1) is 4.90 Å². The zero-order chi connectivity index (χ0) is 16.6. The number of sulfonamides is 1. The Morgan fingerprint density at radius 2 is 1.95 bits per heavy atom. The fourth-order valence-electron chi connectivity index (χ4n) is 1.91. The largest absolute Gasteiger partial charge is 0.385 e. The number of benzene rings is 1. The molecular formula is C15H24N2O4S. The molecule has 0 radical (unpaired) electrons. The Balaban J connectivity index is 2.46. The molecule has 0 aliphatic heterocycles. The molecular weight excluding hydrogens is 304 g/mol. The number of ether oxygens (including phenoxy) is 1. The van der Waals surface area contributed by atoms with Crippen molar-refractivity contribution in [2.75, 3.05) is 26.8 Å². The highest BCUT2D eigenvalue weighted by molar-refractivity contribution is 7.89. The van der Waals surface area contributed by atoms with Crippen LogP contribution in [-0.2, 0) is 19.6 Å². The Morgan fingerprint density at radius 3 is 2.64 bits per heavy atom. The molecule has 0 aliphatic carbocycles. The second kappa shape index (κ2) is 8.87. The lowest BCUT2D eigenvalue weighted by atomic mass is 10.2. The van der Waals surface area contributed by atoms with Gasteiger partial charge in [-0.25, -0.2) is 13.1 Å². The van der Waals surface area contributed by atoms with E-state index in [0.717, 1.165) is 12.0 Å². The van der Waals surface area contributed by atoms with Crippen molar-refractivity contribution in [3.05, 3.63) is 29.3 Å². The lowest BCUT2D eigenvalue weighted by Gasteiger charge is -2.10. The van der Waals surface area contributed by atoms with Gasteiger partial charge in [-0.15, -0.1) is 0 Å². The van der Waals surface area contributed by atoms with Crippen molar-refractivity contribution in [1.82, 2.24) is 10.0 Å². The Morgan fingerprint density at radius 1 is 1.23 bits per heavy atom. The van der Waals surface area contributed by atoms with E-state index < -0.39 is 10.0 Å². The van der Waals surface area contributed by atoms with Crippen molar-refractivity contribution in [3.8, 4) is 0 Å². The lowest BCUT2D eigenvalue weighted by molar-refractivity contribution is -0.120. The van der Waals surface area contributed by atoms with Crippen LogP contribution in [-0.4, -0.2) is 41.1 Å². The van der Waals surface area contributed by atoms with E-state index in [4.69, 9.17) is 4.74 Å². The fraction of sp³-hybridized carbons (Fsp3) is 0.533. The number of carbonyl (C=O) groups is 1. The average Bonchev–Trinajstić information content (AvgIpc) is 2.46. The first-order valence-corrected chi connectivity index (χ1v) is 8.67. The summed E-state index contributed by atoms with van der Waals surface area (Å²) in [6.07, 6.45) is 0.841. The summed E-state index contributed by atoms with van der Waals surface area (Å²) in [5.41, 5.74) is 1.56. The Hall–Kier alpha value is -1.44. The van der Waals surface area contributed by atoms with Crippen LogP contribution in [0.3, 0.4) is 0 Å². The first-order valence-electron chi connectivity index (χ1n) is 7.19. The standard InChI is InChI=1S/C15H24N2O4S/c1-12-5-6-13(2)14(11-12)22(19,20)17-9-7-15(18)16-8-4-10-21-3/h5-6,11,17H,4,7-10H2,1-3H3,(H,16,18). The molecule has 1 rings (SSSR count). The number of carbonyl (C=O) groups excluding carboxylic acids is 1. The zero-order valence-electron chi connectivity index (χ0n) is 13.3. The van der Waals surface area contributed by atoms with Gasteiger partial charge in [0, 0.05) is 33.2 Å². The third-order valence-electron chi connectivity index (χ3n) is 3.12. The molecule has 0 bridgehead atoms. The van der Waals surface area contributed by atoms with E-state index in [1.54, 1.807) is 26.2 Å². The van der Waals surface area contributed by atoms with Gasteiger partial charge in [0.2, 0.25) is 15.9 Å². The van der Waals surface area contributed by atoms with E-state index in [9.17, 15) is 13.2 Å². The molecule has 0 aliphatic rings. The molecule has 2 N–H and O–H groups in total. The molecule has 0 fully saturated rings. The van der Waals surface area contributed by atoms with Crippen LogP contribution in [0.5, 0.6) is 0 Å². The summed E-state index contributed by atoms with van der Waals surface area (Å²) in [6.45, 7) is 4.77. The highest BCUT2D eigenvalue weighted by Gasteiger charge is 2.16. The number of nitrogens with one attached hydrogen (secondary N) is 2. The normalized spacial score (nSPS) is 11.4. The number of rotatable bonds is 9. The van der Waals surface area contributed by atoms with Crippen LogP contribution >= 0.6 is 0 Å². The highest BCUT2D eigenvalue weighted by atomic mass is 32.2. The zero-order valence-corrected chi connectivity index (χ0v) is 14.1. The van der Waals surface area contributed by atoms with E-state index in [1.807, 2.05) is 13.0 Å². The van der Waals surface area contributed by atoms with Crippen LogP contribution in [0.2, 0.25) is 0 Å². The van der Waals surface area contributed by atoms with Gasteiger partial charge < -0.3 is 10.1 Å². The molecule has 22 heavy (non-hydrogen) atoms. The van der Waals surface area contributed by atoms with E-state index in [1.165, 1.54) is 0 Å². The maximum atomic E-state index is 12.2. The average molecular weight is 328 g/mol. The van der Waals surface area contributed by atoms with E-state index >= 15 is 0 Å². The molecule has 0 saturated heterocycles. The predicted molar refractivity (Wildman–Crippen MR) is 85.2 cm³/mol. The van der Waals surface area contributed by atoms with Gasteiger partial charge in [-0.2, -0.15) is 0 Å². The minimum absolute atomic E-state index is 0.0752. The molecule has 0 aromatic heterocycles. The molecule has 0 heterocycles. The molecule has 0 atom stereocenters. The number of methoxy groups -OCH3 is 1. The van der Waals surface area contributed by atoms with Gasteiger partial charge in [0.25, 0.3) is 0 Å². The predicted octanol–water partition coefficient (Wildman–Crippen LogP) is 1.12. The molecule has 1 aromatic rings. The molecule has 1 aromatic carbocycles. The second-order valence-corrected chi connectivity index (χ2v) is 6.85. The first kappa shape index (κ1) is 18.6.